The second-order valence-corrected chi connectivity index (χ2v) is 5.86. The summed E-state index contributed by atoms with van der Waals surface area (Å²) in [5, 5.41) is 3.24. The Labute approximate surface area is 140 Å². The Morgan fingerprint density at radius 1 is 1.22 bits per heavy atom. The molecule has 3 rings (SSSR count). The molecule has 0 bridgehead atoms. The van der Waals surface area contributed by atoms with E-state index in [0.717, 1.165) is 4.47 Å². The van der Waals surface area contributed by atoms with Crippen LogP contribution < -0.4 is 10.9 Å². The van der Waals surface area contributed by atoms with Crippen LogP contribution in [0.4, 0.5) is 5.82 Å². The van der Waals surface area contributed by atoms with Gasteiger partial charge in [0.2, 0.25) is 5.91 Å². The SMILES string of the molecule is O=C(CCc1nc2ccccc2c(=O)[nH]1)Nc1ccc(Br)cn1. The van der Waals surface area contributed by atoms with Gasteiger partial charge in [-0.3, -0.25) is 9.59 Å². The van der Waals surface area contributed by atoms with Crippen molar-refractivity contribution < 1.29 is 4.79 Å². The summed E-state index contributed by atoms with van der Waals surface area (Å²) >= 11 is 3.28. The molecule has 2 N–H and O–H groups in total. The van der Waals surface area contributed by atoms with Gasteiger partial charge in [-0.05, 0) is 40.2 Å². The van der Waals surface area contributed by atoms with Gasteiger partial charge in [-0.2, -0.15) is 0 Å². The standard InChI is InChI=1S/C16H13BrN4O2/c17-10-5-6-13(18-9-10)20-15(22)8-7-14-19-12-4-2-1-3-11(12)16(23)21-14/h1-6,9H,7-8H2,(H,18,20,22)(H,19,21,23). The van der Waals surface area contributed by atoms with E-state index < -0.39 is 0 Å². The van der Waals surface area contributed by atoms with Gasteiger partial charge in [-0.1, -0.05) is 12.1 Å². The number of rotatable bonds is 4. The molecule has 0 spiro atoms. The minimum absolute atomic E-state index is 0.185. The molecule has 2 heterocycles. The zero-order valence-corrected chi connectivity index (χ0v) is 13.6. The summed E-state index contributed by atoms with van der Waals surface area (Å²) in [6.45, 7) is 0. The Balaban J connectivity index is 1.67. The Hall–Kier alpha value is -2.54. The zero-order chi connectivity index (χ0) is 16.2. The lowest BCUT2D eigenvalue weighted by atomic mass is 10.2. The van der Waals surface area contributed by atoms with Crippen molar-refractivity contribution in [2.75, 3.05) is 5.32 Å². The van der Waals surface area contributed by atoms with Gasteiger partial charge in [0.1, 0.15) is 11.6 Å². The summed E-state index contributed by atoms with van der Waals surface area (Å²) < 4.78 is 0.841. The lowest BCUT2D eigenvalue weighted by molar-refractivity contribution is -0.116. The zero-order valence-electron chi connectivity index (χ0n) is 12.0. The molecular weight excluding hydrogens is 360 g/mol. The summed E-state index contributed by atoms with van der Waals surface area (Å²) in [5.74, 6) is 0.793. The molecule has 0 radical (unpaired) electrons. The highest BCUT2D eigenvalue weighted by Crippen LogP contribution is 2.11. The number of nitrogens with one attached hydrogen (secondary N) is 2. The molecule has 0 atom stereocenters. The van der Waals surface area contributed by atoms with Gasteiger partial charge >= 0.3 is 0 Å². The van der Waals surface area contributed by atoms with Gasteiger partial charge < -0.3 is 10.3 Å². The summed E-state index contributed by atoms with van der Waals surface area (Å²) in [6.07, 6.45) is 2.17. The molecule has 0 saturated carbocycles. The molecule has 1 aromatic carbocycles. The maximum atomic E-state index is 12.0. The van der Waals surface area contributed by atoms with Crippen LogP contribution in [0.5, 0.6) is 0 Å². The Morgan fingerprint density at radius 3 is 2.83 bits per heavy atom. The van der Waals surface area contributed by atoms with Crippen molar-refractivity contribution >= 4 is 38.6 Å². The van der Waals surface area contributed by atoms with E-state index in [1.807, 2.05) is 6.07 Å². The Bertz CT molecular complexity index is 906. The molecule has 6 nitrogen and oxygen atoms in total. The third kappa shape index (κ3) is 3.81. The molecule has 0 fully saturated rings. The molecule has 0 aliphatic rings. The molecule has 2 aromatic heterocycles. The van der Waals surface area contributed by atoms with Crippen molar-refractivity contribution in [2.45, 2.75) is 12.8 Å². The molecule has 0 aliphatic heterocycles. The van der Waals surface area contributed by atoms with E-state index in [9.17, 15) is 9.59 Å². The van der Waals surface area contributed by atoms with Crippen LogP contribution in [0.2, 0.25) is 0 Å². The molecule has 7 heteroatoms. The Morgan fingerprint density at radius 2 is 2.04 bits per heavy atom. The Kier molecular flexibility index (Phi) is 4.47. The number of carbonyl (C=O) groups excluding carboxylic acids is 1. The first kappa shape index (κ1) is 15.4. The van der Waals surface area contributed by atoms with E-state index >= 15 is 0 Å². The largest absolute Gasteiger partial charge is 0.311 e. The molecule has 0 unspecified atom stereocenters. The number of nitrogens with zero attached hydrogens (tertiary/aromatic N) is 2. The summed E-state index contributed by atoms with van der Waals surface area (Å²) in [7, 11) is 0. The maximum absolute atomic E-state index is 12.0. The normalized spacial score (nSPS) is 10.7. The van der Waals surface area contributed by atoms with Gasteiger partial charge in [0.25, 0.3) is 5.56 Å². The quantitative estimate of drug-likeness (QED) is 0.736. The van der Waals surface area contributed by atoms with E-state index in [1.165, 1.54) is 0 Å². The summed E-state index contributed by atoms with van der Waals surface area (Å²) in [4.78, 5) is 35.0. The number of H-pyrrole nitrogens is 1. The van der Waals surface area contributed by atoms with E-state index in [2.05, 4.69) is 36.2 Å². The van der Waals surface area contributed by atoms with Crippen LogP contribution in [-0.2, 0) is 11.2 Å². The van der Waals surface area contributed by atoms with Crippen LogP contribution in [0, 0.1) is 0 Å². The monoisotopic (exact) mass is 372 g/mol. The number of halogens is 1. The summed E-state index contributed by atoms with van der Waals surface area (Å²) in [5.41, 5.74) is 0.432. The van der Waals surface area contributed by atoms with Crippen molar-refractivity contribution in [1.29, 1.82) is 0 Å². The predicted molar refractivity (Wildman–Crippen MR) is 91.3 cm³/mol. The number of aryl methyl sites for hydroxylation is 1. The fourth-order valence-electron chi connectivity index (χ4n) is 2.14. The lowest BCUT2D eigenvalue weighted by Gasteiger charge is -2.05. The lowest BCUT2D eigenvalue weighted by Crippen LogP contribution is -2.16. The van der Waals surface area contributed by atoms with E-state index in [-0.39, 0.29) is 17.9 Å². The molecule has 1 amide bonds. The van der Waals surface area contributed by atoms with Crippen LogP contribution in [0.15, 0.2) is 51.9 Å². The molecular formula is C16H13BrN4O2. The number of benzene rings is 1. The molecule has 0 saturated heterocycles. The first-order valence-corrected chi connectivity index (χ1v) is 7.80. The second-order valence-electron chi connectivity index (χ2n) is 4.94. The number of hydrogen-bond acceptors (Lipinski definition) is 4. The fraction of sp³-hybridized carbons (Fsp3) is 0.125. The maximum Gasteiger partial charge on any atom is 0.258 e. The number of anilines is 1. The third-order valence-electron chi connectivity index (χ3n) is 3.25. The number of pyridine rings is 1. The van der Waals surface area contributed by atoms with Crippen molar-refractivity contribution in [3.63, 3.8) is 0 Å². The van der Waals surface area contributed by atoms with Gasteiger partial charge in [0, 0.05) is 23.5 Å². The van der Waals surface area contributed by atoms with E-state index in [1.54, 1.807) is 36.5 Å². The third-order valence-corrected chi connectivity index (χ3v) is 3.71. The van der Waals surface area contributed by atoms with Gasteiger partial charge in [-0.25, -0.2) is 9.97 Å². The average Bonchev–Trinajstić information content (AvgIpc) is 2.55. The van der Waals surface area contributed by atoms with Crippen molar-refractivity contribution in [3.8, 4) is 0 Å². The highest BCUT2D eigenvalue weighted by atomic mass is 79.9. The van der Waals surface area contributed by atoms with Crippen LogP contribution in [0.25, 0.3) is 10.9 Å². The van der Waals surface area contributed by atoms with Gasteiger partial charge in [-0.15, -0.1) is 0 Å². The second kappa shape index (κ2) is 6.70. The number of amides is 1. The first-order valence-electron chi connectivity index (χ1n) is 7.01. The number of para-hydroxylation sites is 1. The number of aromatic nitrogens is 3. The number of aromatic amines is 1. The molecule has 23 heavy (non-hydrogen) atoms. The number of hydrogen-bond donors (Lipinski definition) is 2. The van der Waals surface area contributed by atoms with Crippen molar-refractivity contribution in [1.82, 2.24) is 15.0 Å². The van der Waals surface area contributed by atoms with Crippen LogP contribution >= 0.6 is 15.9 Å². The van der Waals surface area contributed by atoms with Crippen molar-refractivity contribution in [3.05, 3.63) is 63.2 Å². The molecule has 3 aromatic rings. The van der Waals surface area contributed by atoms with Crippen LogP contribution in [0.1, 0.15) is 12.2 Å². The smallest absolute Gasteiger partial charge is 0.258 e. The van der Waals surface area contributed by atoms with Gasteiger partial charge in [0.15, 0.2) is 0 Å². The minimum Gasteiger partial charge on any atom is -0.311 e. The van der Waals surface area contributed by atoms with E-state index in [0.29, 0.717) is 29.0 Å². The average molecular weight is 373 g/mol. The van der Waals surface area contributed by atoms with Crippen molar-refractivity contribution in [2.24, 2.45) is 0 Å². The summed E-state index contributed by atoms with van der Waals surface area (Å²) in [6, 6.07) is 10.6. The van der Waals surface area contributed by atoms with E-state index in [4.69, 9.17) is 0 Å². The minimum atomic E-state index is -0.194. The fourth-order valence-corrected chi connectivity index (χ4v) is 2.37. The van der Waals surface area contributed by atoms with Crippen LogP contribution in [-0.4, -0.2) is 20.9 Å². The number of fused-ring (bicyclic) bond motifs is 1. The highest BCUT2D eigenvalue weighted by Gasteiger charge is 2.07. The molecule has 0 aliphatic carbocycles. The van der Waals surface area contributed by atoms with Crippen LogP contribution in [0.3, 0.4) is 0 Å². The number of carbonyl (C=O) groups is 1. The van der Waals surface area contributed by atoms with Gasteiger partial charge in [0.05, 0.1) is 10.9 Å². The molecule has 116 valence electrons. The topological polar surface area (TPSA) is 87.7 Å². The predicted octanol–water partition coefficient (Wildman–Crippen LogP) is 2.65. The highest BCUT2D eigenvalue weighted by molar-refractivity contribution is 9.10. The first-order chi connectivity index (χ1) is 11.1.